The summed E-state index contributed by atoms with van der Waals surface area (Å²) in [5, 5.41) is 0. The molecule has 0 nitrogen and oxygen atoms in total. The minimum absolute atomic E-state index is 0.445. The molecule has 23 heavy (non-hydrogen) atoms. The molecule has 0 fully saturated rings. The molecule has 0 radical (unpaired) electrons. The first-order chi connectivity index (χ1) is 11.3. The van der Waals surface area contributed by atoms with Crippen LogP contribution in [0.1, 0.15) is 35.1 Å². The van der Waals surface area contributed by atoms with Gasteiger partial charge in [0.05, 0.1) is 0 Å². The summed E-state index contributed by atoms with van der Waals surface area (Å²) < 4.78 is 1.30. The van der Waals surface area contributed by atoms with Crippen LogP contribution in [0.2, 0.25) is 0 Å². The van der Waals surface area contributed by atoms with Gasteiger partial charge in [-0.25, -0.2) is 0 Å². The van der Waals surface area contributed by atoms with Crippen LogP contribution in [0.4, 0.5) is 0 Å². The predicted octanol–water partition coefficient (Wildman–Crippen LogP) is 6.00. The molecule has 0 heterocycles. The summed E-state index contributed by atoms with van der Waals surface area (Å²) in [5.41, 5.74) is 9.05. The maximum Gasteiger partial charge on any atom is 0.0259 e. The Hall–Kier alpha value is -1.60. The third kappa shape index (κ3) is 2.03. The maximum absolute atomic E-state index is 3.80. The summed E-state index contributed by atoms with van der Waals surface area (Å²) in [4.78, 5) is 0. The molecule has 0 aromatic heterocycles. The lowest BCUT2D eigenvalue weighted by Gasteiger charge is -2.36. The van der Waals surface area contributed by atoms with Crippen molar-refractivity contribution in [3.8, 4) is 0 Å². The molecule has 0 spiro atoms. The fourth-order valence-corrected chi connectivity index (χ4v) is 5.32. The van der Waals surface area contributed by atoms with Crippen molar-refractivity contribution >= 4 is 27.6 Å². The van der Waals surface area contributed by atoms with Crippen LogP contribution in [0.3, 0.4) is 0 Å². The Morgan fingerprint density at radius 3 is 2.83 bits per heavy atom. The number of hydrogen-bond acceptors (Lipinski definition) is 0. The number of allylic oxidation sites excluding steroid dienone is 9. The minimum Gasteiger partial charge on any atom is -0.0754 e. The van der Waals surface area contributed by atoms with E-state index in [4.69, 9.17) is 0 Å². The number of halogens is 1. The third-order valence-electron chi connectivity index (χ3n) is 5.73. The standard InChI is InChI=1S/C22H19Br/c23-21-7-3-5-15-9-11-19-18-10-8-14-4-1-2-6-16(14)17(18)12-13-20(19)22(15)21/h3,5,7-13,20,22H,1-2,4,6H2. The smallest absolute Gasteiger partial charge is 0.0259 e. The average Bonchev–Trinajstić information content (AvgIpc) is 2.61. The van der Waals surface area contributed by atoms with Gasteiger partial charge in [0.1, 0.15) is 0 Å². The van der Waals surface area contributed by atoms with E-state index >= 15 is 0 Å². The fourth-order valence-electron chi connectivity index (χ4n) is 4.62. The highest BCUT2D eigenvalue weighted by molar-refractivity contribution is 9.11. The quantitative estimate of drug-likeness (QED) is 0.531. The first kappa shape index (κ1) is 13.8. The molecule has 2 unspecified atom stereocenters. The van der Waals surface area contributed by atoms with Gasteiger partial charge in [0.25, 0.3) is 0 Å². The van der Waals surface area contributed by atoms with Crippen molar-refractivity contribution in [2.75, 3.05) is 0 Å². The Morgan fingerprint density at radius 2 is 1.87 bits per heavy atom. The van der Waals surface area contributed by atoms with Crippen LogP contribution < -0.4 is 0 Å². The van der Waals surface area contributed by atoms with Crippen molar-refractivity contribution < 1.29 is 0 Å². The minimum atomic E-state index is 0.445. The Morgan fingerprint density at radius 1 is 0.957 bits per heavy atom. The van der Waals surface area contributed by atoms with E-state index < -0.39 is 0 Å². The van der Waals surface area contributed by atoms with Gasteiger partial charge in [0, 0.05) is 16.3 Å². The third-order valence-corrected chi connectivity index (χ3v) is 6.49. The normalized spacial score (nSPS) is 27.1. The lowest BCUT2D eigenvalue weighted by Crippen LogP contribution is -2.23. The summed E-state index contributed by atoms with van der Waals surface area (Å²) in [6.07, 6.45) is 21.3. The monoisotopic (exact) mass is 362 g/mol. The van der Waals surface area contributed by atoms with Crippen LogP contribution in [-0.2, 0) is 12.8 Å². The average molecular weight is 363 g/mol. The van der Waals surface area contributed by atoms with Crippen molar-refractivity contribution in [2.24, 2.45) is 11.8 Å². The lowest BCUT2D eigenvalue weighted by atomic mass is 9.69. The van der Waals surface area contributed by atoms with Gasteiger partial charge in [-0.2, -0.15) is 0 Å². The molecule has 1 heteroatoms. The molecule has 4 aliphatic rings. The highest BCUT2D eigenvalue weighted by Gasteiger charge is 2.34. The summed E-state index contributed by atoms with van der Waals surface area (Å²) in [6, 6.07) is 4.76. The fraction of sp³-hybridized carbons (Fsp3) is 0.273. The SMILES string of the molecule is BrC1=CC=CC2=CC=C3c4ccc5c(c4C=CC3C12)CCCC5. The molecule has 0 saturated carbocycles. The van der Waals surface area contributed by atoms with Crippen LogP contribution in [-0.4, -0.2) is 0 Å². The van der Waals surface area contributed by atoms with E-state index in [1.165, 1.54) is 52.4 Å². The number of aryl methyl sites for hydroxylation is 1. The molecule has 1 aromatic rings. The highest BCUT2D eigenvalue weighted by Crippen LogP contribution is 2.49. The van der Waals surface area contributed by atoms with Crippen LogP contribution in [0.25, 0.3) is 11.6 Å². The number of benzene rings is 1. The second kappa shape index (κ2) is 5.21. The summed E-state index contributed by atoms with van der Waals surface area (Å²) in [6.45, 7) is 0. The lowest BCUT2D eigenvalue weighted by molar-refractivity contribution is 0.646. The van der Waals surface area contributed by atoms with Gasteiger partial charge in [-0.3, -0.25) is 0 Å². The zero-order chi connectivity index (χ0) is 15.4. The Bertz CT molecular complexity index is 845. The highest BCUT2D eigenvalue weighted by atomic mass is 79.9. The second-order valence-corrected chi connectivity index (χ2v) is 7.85. The zero-order valence-electron chi connectivity index (χ0n) is 13.1. The topological polar surface area (TPSA) is 0 Å². The summed E-state index contributed by atoms with van der Waals surface area (Å²) in [7, 11) is 0. The molecule has 1 aromatic carbocycles. The molecule has 0 bridgehead atoms. The van der Waals surface area contributed by atoms with Gasteiger partial charge < -0.3 is 0 Å². The van der Waals surface area contributed by atoms with E-state index in [-0.39, 0.29) is 0 Å². The van der Waals surface area contributed by atoms with Crippen molar-refractivity contribution in [1.82, 2.24) is 0 Å². The first-order valence-electron chi connectivity index (χ1n) is 8.62. The molecule has 5 rings (SSSR count). The largest absolute Gasteiger partial charge is 0.0754 e. The molecular formula is C22H19Br. The molecule has 0 amide bonds. The number of fused-ring (bicyclic) bond motifs is 7. The molecule has 4 aliphatic carbocycles. The van der Waals surface area contributed by atoms with E-state index in [1.54, 1.807) is 11.1 Å². The van der Waals surface area contributed by atoms with Crippen LogP contribution in [0, 0.1) is 11.8 Å². The van der Waals surface area contributed by atoms with Gasteiger partial charge in [0.2, 0.25) is 0 Å². The molecular weight excluding hydrogens is 344 g/mol. The maximum atomic E-state index is 3.80. The van der Waals surface area contributed by atoms with Crippen LogP contribution >= 0.6 is 15.9 Å². The summed E-state index contributed by atoms with van der Waals surface area (Å²) >= 11 is 3.80. The predicted molar refractivity (Wildman–Crippen MR) is 101 cm³/mol. The van der Waals surface area contributed by atoms with E-state index in [9.17, 15) is 0 Å². The summed E-state index contributed by atoms with van der Waals surface area (Å²) in [5.74, 6) is 0.903. The molecule has 114 valence electrons. The zero-order valence-corrected chi connectivity index (χ0v) is 14.6. The Kier molecular flexibility index (Phi) is 3.12. The Balaban J connectivity index is 1.68. The van der Waals surface area contributed by atoms with Crippen molar-refractivity contribution in [3.05, 3.63) is 80.9 Å². The van der Waals surface area contributed by atoms with Crippen LogP contribution in [0.15, 0.2) is 58.6 Å². The van der Waals surface area contributed by atoms with Gasteiger partial charge in [0.15, 0.2) is 0 Å². The molecule has 0 N–H and O–H groups in total. The molecule has 2 atom stereocenters. The van der Waals surface area contributed by atoms with Gasteiger partial charge in [-0.05, 0) is 59.1 Å². The first-order valence-corrected chi connectivity index (χ1v) is 9.41. The Labute approximate surface area is 146 Å². The van der Waals surface area contributed by atoms with Gasteiger partial charge >= 0.3 is 0 Å². The molecule has 0 aliphatic heterocycles. The number of hydrogen-bond donors (Lipinski definition) is 0. The van der Waals surface area contributed by atoms with E-state index in [1.807, 2.05) is 0 Å². The van der Waals surface area contributed by atoms with Gasteiger partial charge in [-0.1, -0.05) is 70.6 Å². The van der Waals surface area contributed by atoms with Crippen molar-refractivity contribution in [3.63, 3.8) is 0 Å². The second-order valence-electron chi connectivity index (χ2n) is 6.93. The van der Waals surface area contributed by atoms with Crippen LogP contribution in [0.5, 0.6) is 0 Å². The van der Waals surface area contributed by atoms with E-state index in [2.05, 4.69) is 70.6 Å². The van der Waals surface area contributed by atoms with E-state index in [0.29, 0.717) is 11.8 Å². The van der Waals surface area contributed by atoms with Gasteiger partial charge in [-0.15, -0.1) is 0 Å². The van der Waals surface area contributed by atoms with Crippen molar-refractivity contribution in [2.45, 2.75) is 25.7 Å². The van der Waals surface area contributed by atoms with Crippen molar-refractivity contribution in [1.29, 1.82) is 0 Å². The molecule has 0 saturated heterocycles. The number of rotatable bonds is 0. The van der Waals surface area contributed by atoms with E-state index in [0.717, 1.165) is 0 Å².